The van der Waals surface area contributed by atoms with Gasteiger partial charge in [-0.05, 0) is 24.2 Å². The number of benzene rings is 1. The minimum absolute atomic E-state index is 0.0408. The first-order valence-corrected chi connectivity index (χ1v) is 8.59. The molecule has 1 aromatic rings. The number of hydrogen-bond donors (Lipinski definition) is 2. The number of thioether (sulfide) groups is 1. The molecule has 2 aliphatic rings. The summed E-state index contributed by atoms with van der Waals surface area (Å²) in [6.45, 7) is 1.28. The predicted octanol–water partition coefficient (Wildman–Crippen LogP) is 1.75. The Morgan fingerprint density at radius 3 is 2.95 bits per heavy atom. The van der Waals surface area contributed by atoms with E-state index in [1.807, 2.05) is 18.2 Å². The van der Waals surface area contributed by atoms with Gasteiger partial charge in [-0.3, -0.25) is 4.79 Å². The topological polar surface area (TPSA) is 58.6 Å². The first kappa shape index (κ1) is 14.9. The number of rotatable bonds is 4. The van der Waals surface area contributed by atoms with E-state index in [9.17, 15) is 9.90 Å². The molecule has 114 valence electrons. The maximum atomic E-state index is 12.2. The summed E-state index contributed by atoms with van der Waals surface area (Å²) in [4.78, 5) is 12.2. The second-order valence-electron chi connectivity index (χ2n) is 5.80. The first-order valence-electron chi connectivity index (χ1n) is 7.44. The molecule has 3 rings (SSSR count). The van der Waals surface area contributed by atoms with Crippen LogP contribution >= 0.6 is 11.8 Å². The van der Waals surface area contributed by atoms with Crippen molar-refractivity contribution in [2.45, 2.75) is 24.5 Å². The van der Waals surface area contributed by atoms with Crippen molar-refractivity contribution < 1.29 is 14.6 Å². The molecule has 1 aromatic carbocycles. The number of ether oxygens (including phenoxy) is 1. The highest BCUT2D eigenvalue weighted by Gasteiger charge is 2.40. The molecule has 2 fully saturated rings. The van der Waals surface area contributed by atoms with E-state index in [0.717, 1.165) is 24.3 Å². The van der Waals surface area contributed by atoms with E-state index < -0.39 is 5.60 Å². The van der Waals surface area contributed by atoms with Crippen LogP contribution in [0.1, 0.15) is 24.5 Å². The molecule has 0 aromatic heterocycles. The molecule has 0 aliphatic carbocycles. The molecule has 2 heterocycles. The summed E-state index contributed by atoms with van der Waals surface area (Å²) >= 11 is 1.63. The fraction of sp³-hybridized carbons (Fsp3) is 0.562. The monoisotopic (exact) mass is 307 g/mol. The number of aliphatic hydroxyl groups is 1. The van der Waals surface area contributed by atoms with Crippen LogP contribution in [0.2, 0.25) is 0 Å². The van der Waals surface area contributed by atoms with Crippen molar-refractivity contribution in [3.05, 3.63) is 35.9 Å². The van der Waals surface area contributed by atoms with Gasteiger partial charge in [-0.25, -0.2) is 0 Å². The third-order valence-corrected chi connectivity index (χ3v) is 5.47. The van der Waals surface area contributed by atoms with Crippen LogP contribution in [-0.4, -0.2) is 41.3 Å². The second kappa shape index (κ2) is 6.38. The lowest BCUT2D eigenvalue weighted by Gasteiger charge is -2.23. The van der Waals surface area contributed by atoms with Gasteiger partial charge in [-0.2, -0.15) is 11.8 Å². The molecular weight excluding hydrogens is 286 g/mol. The Kier molecular flexibility index (Phi) is 4.52. The zero-order valence-electron chi connectivity index (χ0n) is 12.0. The summed E-state index contributed by atoms with van der Waals surface area (Å²) in [6.07, 6.45) is 1.53. The number of amides is 1. The SMILES string of the molecule is O=C(NC[C@H]1CCO[C@@H]1c1ccccc1)[C@]1(O)CCSC1. The summed E-state index contributed by atoms with van der Waals surface area (Å²) in [5.74, 6) is 1.39. The van der Waals surface area contributed by atoms with Crippen molar-refractivity contribution in [3.63, 3.8) is 0 Å². The molecular formula is C16H21NO3S. The molecule has 0 bridgehead atoms. The average Bonchev–Trinajstić information content (AvgIpc) is 3.15. The van der Waals surface area contributed by atoms with Gasteiger partial charge < -0.3 is 15.2 Å². The van der Waals surface area contributed by atoms with Crippen LogP contribution in [0, 0.1) is 5.92 Å². The number of nitrogens with one attached hydrogen (secondary N) is 1. The van der Waals surface area contributed by atoms with Crippen LogP contribution in [0.15, 0.2) is 30.3 Å². The van der Waals surface area contributed by atoms with E-state index in [1.165, 1.54) is 0 Å². The third-order valence-electron chi connectivity index (χ3n) is 4.29. The molecule has 0 spiro atoms. The summed E-state index contributed by atoms with van der Waals surface area (Å²) in [5.41, 5.74) is -0.0174. The minimum atomic E-state index is -1.17. The van der Waals surface area contributed by atoms with Crippen molar-refractivity contribution in [2.24, 2.45) is 5.92 Å². The Morgan fingerprint density at radius 2 is 2.24 bits per heavy atom. The number of carbonyl (C=O) groups excluding carboxylic acids is 1. The zero-order valence-corrected chi connectivity index (χ0v) is 12.8. The smallest absolute Gasteiger partial charge is 0.252 e. The van der Waals surface area contributed by atoms with E-state index in [-0.39, 0.29) is 17.9 Å². The highest BCUT2D eigenvalue weighted by atomic mass is 32.2. The number of carbonyl (C=O) groups is 1. The fourth-order valence-corrected chi connectivity index (χ4v) is 4.22. The lowest BCUT2D eigenvalue weighted by Crippen LogP contribution is -2.48. The summed E-state index contributed by atoms with van der Waals surface area (Å²) in [6, 6.07) is 10.1. The molecule has 21 heavy (non-hydrogen) atoms. The quantitative estimate of drug-likeness (QED) is 0.890. The lowest BCUT2D eigenvalue weighted by molar-refractivity contribution is -0.137. The Balaban J connectivity index is 1.58. The minimum Gasteiger partial charge on any atom is -0.379 e. The standard InChI is InChI=1S/C16H21NO3S/c18-15(16(19)7-9-21-11-16)17-10-13-6-8-20-14(13)12-4-2-1-3-5-12/h1-5,13-14,19H,6-11H2,(H,17,18)/t13-,14-,16+/m1/s1. The lowest BCUT2D eigenvalue weighted by atomic mass is 9.94. The van der Waals surface area contributed by atoms with Gasteiger partial charge in [0.15, 0.2) is 5.60 Å². The molecule has 3 atom stereocenters. The average molecular weight is 307 g/mol. The maximum Gasteiger partial charge on any atom is 0.252 e. The van der Waals surface area contributed by atoms with Crippen molar-refractivity contribution in [2.75, 3.05) is 24.7 Å². The molecule has 0 saturated carbocycles. The highest BCUT2D eigenvalue weighted by Crippen LogP contribution is 2.34. The molecule has 4 nitrogen and oxygen atoms in total. The van der Waals surface area contributed by atoms with Gasteiger partial charge in [-0.15, -0.1) is 0 Å². The van der Waals surface area contributed by atoms with E-state index in [0.29, 0.717) is 18.7 Å². The highest BCUT2D eigenvalue weighted by molar-refractivity contribution is 7.99. The van der Waals surface area contributed by atoms with Crippen LogP contribution in [0.5, 0.6) is 0 Å². The van der Waals surface area contributed by atoms with Crippen LogP contribution in [0.25, 0.3) is 0 Å². The van der Waals surface area contributed by atoms with Gasteiger partial charge in [-0.1, -0.05) is 30.3 Å². The van der Waals surface area contributed by atoms with E-state index in [2.05, 4.69) is 17.4 Å². The molecule has 5 heteroatoms. The Morgan fingerprint density at radius 1 is 1.43 bits per heavy atom. The second-order valence-corrected chi connectivity index (χ2v) is 6.90. The molecule has 2 aliphatic heterocycles. The van der Waals surface area contributed by atoms with Crippen molar-refractivity contribution in [1.82, 2.24) is 5.32 Å². The summed E-state index contributed by atoms with van der Waals surface area (Å²) < 4.78 is 5.82. The molecule has 2 saturated heterocycles. The Labute approximate surface area is 129 Å². The van der Waals surface area contributed by atoms with Crippen molar-refractivity contribution in [1.29, 1.82) is 0 Å². The molecule has 1 amide bonds. The largest absolute Gasteiger partial charge is 0.379 e. The van der Waals surface area contributed by atoms with E-state index in [4.69, 9.17) is 4.74 Å². The molecule has 0 radical (unpaired) electrons. The van der Waals surface area contributed by atoms with Crippen LogP contribution < -0.4 is 5.32 Å². The summed E-state index contributed by atoms with van der Waals surface area (Å²) in [5, 5.41) is 13.2. The number of hydrogen-bond acceptors (Lipinski definition) is 4. The van der Waals surface area contributed by atoms with Crippen LogP contribution in [0.4, 0.5) is 0 Å². The van der Waals surface area contributed by atoms with Gasteiger partial charge in [0.05, 0.1) is 6.10 Å². The van der Waals surface area contributed by atoms with Crippen LogP contribution in [-0.2, 0) is 9.53 Å². The van der Waals surface area contributed by atoms with Crippen molar-refractivity contribution >= 4 is 17.7 Å². The van der Waals surface area contributed by atoms with Crippen LogP contribution in [0.3, 0.4) is 0 Å². The summed E-state index contributed by atoms with van der Waals surface area (Å²) in [7, 11) is 0. The van der Waals surface area contributed by atoms with Gasteiger partial charge in [0.1, 0.15) is 0 Å². The molecule has 2 N–H and O–H groups in total. The zero-order chi connectivity index (χ0) is 14.7. The van der Waals surface area contributed by atoms with Gasteiger partial charge in [0.25, 0.3) is 5.91 Å². The van der Waals surface area contributed by atoms with Crippen molar-refractivity contribution in [3.8, 4) is 0 Å². The predicted molar refractivity (Wildman–Crippen MR) is 83.1 cm³/mol. The van der Waals surface area contributed by atoms with Gasteiger partial charge >= 0.3 is 0 Å². The first-order chi connectivity index (χ1) is 10.2. The Hall–Kier alpha value is -1.04. The Bertz CT molecular complexity index is 488. The maximum absolute atomic E-state index is 12.2. The van der Waals surface area contributed by atoms with E-state index >= 15 is 0 Å². The van der Waals surface area contributed by atoms with Gasteiger partial charge in [0, 0.05) is 24.8 Å². The third kappa shape index (κ3) is 3.25. The molecule has 0 unspecified atom stereocenters. The normalized spacial score (nSPS) is 32.2. The fourth-order valence-electron chi connectivity index (χ4n) is 2.98. The van der Waals surface area contributed by atoms with Gasteiger partial charge in [0.2, 0.25) is 0 Å². The van der Waals surface area contributed by atoms with E-state index in [1.54, 1.807) is 11.8 Å².